The summed E-state index contributed by atoms with van der Waals surface area (Å²) in [7, 11) is 0. The minimum Gasteiger partial charge on any atom is -0.452 e. The second-order valence-corrected chi connectivity index (χ2v) is 4.98. The average Bonchev–Trinajstić information content (AvgIpc) is 2.59. The zero-order chi connectivity index (χ0) is 18.8. The van der Waals surface area contributed by atoms with Crippen molar-refractivity contribution in [1.29, 1.82) is 0 Å². The summed E-state index contributed by atoms with van der Waals surface area (Å²) in [5.41, 5.74) is 0.111. The van der Waals surface area contributed by atoms with Gasteiger partial charge < -0.3 is 15.4 Å². The van der Waals surface area contributed by atoms with Gasteiger partial charge in [0.05, 0.1) is 11.3 Å². The Morgan fingerprint density at radius 1 is 1.28 bits per heavy atom. The van der Waals surface area contributed by atoms with Crippen LogP contribution in [-0.4, -0.2) is 41.9 Å². The summed E-state index contributed by atoms with van der Waals surface area (Å²) in [5, 5.41) is 15.5. The van der Waals surface area contributed by atoms with Crippen molar-refractivity contribution in [2.75, 3.05) is 13.1 Å². The summed E-state index contributed by atoms with van der Waals surface area (Å²) in [6, 6.07) is 5.06. The van der Waals surface area contributed by atoms with Crippen LogP contribution in [0.2, 0.25) is 0 Å². The van der Waals surface area contributed by atoms with E-state index in [1.165, 1.54) is 37.3 Å². The zero-order valence-electron chi connectivity index (χ0n) is 13.7. The normalized spacial score (nSPS) is 11.1. The van der Waals surface area contributed by atoms with Crippen LogP contribution in [0.15, 0.2) is 36.9 Å². The number of nitro groups is 1. The lowest BCUT2D eigenvalue weighted by molar-refractivity contribution is -0.384. The van der Waals surface area contributed by atoms with Gasteiger partial charge in [0.2, 0.25) is 0 Å². The number of nitrogens with one attached hydrogen (secondary N) is 2. The van der Waals surface area contributed by atoms with Crippen LogP contribution < -0.4 is 10.6 Å². The summed E-state index contributed by atoms with van der Waals surface area (Å²) in [5.74, 6) is -1.55. The van der Waals surface area contributed by atoms with Gasteiger partial charge >= 0.3 is 5.97 Å². The summed E-state index contributed by atoms with van der Waals surface area (Å²) < 4.78 is 4.93. The van der Waals surface area contributed by atoms with Gasteiger partial charge in [0.15, 0.2) is 6.10 Å². The number of nitrogens with zero attached hydrogens (tertiary/aromatic N) is 1. The van der Waals surface area contributed by atoms with Crippen LogP contribution in [0, 0.1) is 10.1 Å². The van der Waals surface area contributed by atoms with Crippen molar-refractivity contribution in [2.45, 2.75) is 19.4 Å². The van der Waals surface area contributed by atoms with Crippen LogP contribution in [-0.2, 0) is 14.3 Å². The molecule has 1 aromatic carbocycles. The SMILES string of the molecule is C=CCNC(=O)[C@H](C)OC(=O)CCNC(=O)c1ccc([N+](=O)[O-])cc1. The van der Waals surface area contributed by atoms with E-state index in [4.69, 9.17) is 4.74 Å². The lowest BCUT2D eigenvalue weighted by atomic mass is 10.2. The molecule has 0 aliphatic heterocycles. The molecule has 0 saturated heterocycles. The number of carbonyl (C=O) groups excluding carboxylic acids is 3. The Hall–Kier alpha value is -3.23. The van der Waals surface area contributed by atoms with Crippen LogP contribution in [0.4, 0.5) is 5.69 Å². The molecule has 0 unspecified atom stereocenters. The molecular weight excluding hydrogens is 330 g/mol. The Labute approximate surface area is 144 Å². The molecule has 0 spiro atoms. The van der Waals surface area contributed by atoms with E-state index in [1.54, 1.807) is 0 Å². The number of esters is 1. The maximum Gasteiger partial charge on any atom is 0.308 e. The first kappa shape index (κ1) is 19.8. The fourth-order valence-electron chi connectivity index (χ4n) is 1.74. The molecule has 1 rings (SSSR count). The summed E-state index contributed by atoms with van der Waals surface area (Å²) in [4.78, 5) is 45.0. The summed E-state index contributed by atoms with van der Waals surface area (Å²) in [6.45, 7) is 5.17. The number of nitro benzene ring substituents is 1. The van der Waals surface area contributed by atoms with Crippen molar-refractivity contribution >= 4 is 23.5 Å². The quantitative estimate of drug-likeness (QED) is 0.296. The molecule has 0 aliphatic carbocycles. The van der Waals surface area contributed by atoms with Crippen molar-refractivity contribution < 1.29 is 24.0 Å². The van der Waals surface area contributed by atoms with Crippen LogP contribution in [0.1, 0.15) is 23.7 Å². The lowest BCUT2D eigenvalue weighted by Crippen LogP contribution is -2.36. The second kappa shape index (κ2) is 9.81. The van der Waals surface area contributed by atoms with Crippen LogP contribution in [0.25, 0.3) is 0 Å². The second-order valence-electron chi connectivity index (χ2n) is 4.98. The van der Waals surface area contributed by atoms with Crippen molar-refractivity contribution in [1.82, 2.24) is 10.6 Å². The van der Waals surface area contributed by atoms with Gasteiger partial charge in [0.1, 0.15) is 0 Å². The number of non-ortho nitro benzene ring substituents is 1. The van der Waals surface area contributed by atoms with E-state index >= 15 is 0 Å². The third kappa shape index (κ3) is 6.81. The van der Waals surface area contributed by atoms with Gasteiger partial charge in [-0.3, -0.25) is 24.5 Å². The van der Waals surface area contributed by atoms with Gasteiger partial charge in [-0.15, -0.1) is 6.58 Å². The minimum atomic E-state index is -0.946. The van der Waals surface area contributed by atoms with Crippen LogP contribution in [0.3, 0.4) is 0 Å². The maximum absolute atomic E-state index is 11.8. The molecule has 0 bridgehead atoms. The largest absolute Gasteiger partial charge is 0.452 e. The highest BCUT2D eigenvalue weighted by Gasteiger charge is 2.17. The van der Waals surface area contributed by atoms with Gasteiger partial charge in [-0.25, -0.2) is 0 Å². The standard InChI is InChI=1S/C16H19N3O6/c1-3-9-17-15(21)11(2)25-14(20)8-10-18-16(22)12-4-6-13(7-5-12)19(23)24/h3-7,11H,1,8-10H2,2H3,(H,17,21)(H,18,22)/t11-/m0/s1. The molecule has 1 atom stereocenters. The molecule has 9 heteroatoms. The highest BCUT2D eigenvalue weighted by atomic mass is 16.6. The van der Waals surface area contributed by atoms with Gasteiger partial charge in [-0.05, 0) is 19.1 Å². The molecule has 0 heterocycles. The Bertz CT molecular complexity index is 656. The summed E-state index contributed by atoms with van der Waals surface area (Å²) >= 11 is 0. The van der Waals surface area contributed by atoms with E-state index in [0.717, 1.165) is 0 Å². The zero-order valence-corrected chi connectivity index (χ0v) is 13.7. The first-order valence-electron chi connectivity index (χ1n) is 7.46. The first-order valence-corrected chi connectivity index (χ1v) is 7.46. The van der Waals surface area contributed by atoms with Crippen molar-refractivity contribution in [3.8, 4) is 0 Å². The number of hydrogen-bond donors (Lipinski definition) is 2. The third-order valence-corrected chi connectivity index (χ3v) is 3.05. The van der Waals surface area contributed by atoms with Gasteiger partial charge in [-0.2, -0.15) is 0 Å². The van der Waals surface area contributed by atoms with Crippen molar-refractivity contribution in [3.05, 3.63) is 52.6 Å². The number of rotatable bonds is 9. The summed E-state index contributed by atoms with van der Waals surface area (Å²) in [6.07, 6.45) is 0.440. The fraction of sp³-hybridized carbons (Fsp3) is 0.312. The Kier molecular flexibility index (Phi) is 7.77. The number of carbonyl (C=O) groups is 3. The Balaban J connectivity index is 2.37. The van der Waals surface area contributed by atoms with Crippen molar-refractivity contribution in [2.24, 2.45) is 0 Å². The van der Waals surface area contributed by atoms with E-state index < -0.39 is 28.8 Å². The van der Waals surface area contributed by atoms with E-state index in [9.17, 15) is 24.5 Å². The predicted octanol–water partition coefficient (Wildman–Crippen LogP) is 0.949. The molecule has 134 valence electrons. The Morgan fingerprint density at radius 3 is 2.48 bits per heavy atom. The van der Waals surface area contributed by atoms with Gasteiger partial charge in [0, 0.05) is 30.8 Å². The molecule has 0 saturated carbocycles. The molecule has 9 nitrogen and oxygen atoms in total. The third-order valence-electron chi connectivity index (χ3n) is 3.05. The van der Waals surface area contributed by atoms with E-state index in [2.05, 4.69) is 17.2 Å². The number of benzene rings is 1. The first-order chi connectivity index (χ1) is 11.8. The molecule has 25 heavy (non-hydrogen) atoms. The highest BCUT2D eigenvalue weighted by molar-refractivity contribution is 5.94. The highest BCUT2D eigenvalue weighted by Crippen LogP contribution is 2.11. The van der Waals surface area contributed by atoms with E-state index in [-0.39, 0.29) is 30.8 Å². The maximum atomic E-state index is 11.8. The monoisotopic (exact) mass is 349 g/mol. The van der Waals surface area contributed by atoms with E-state index in [1.807, 2.05) is 0 Å². The van der Waals surface area contributed by atoms with Crippen LogP contribution in [0.5, 0.6) is 0 Å². The molecule has 0 aromatic heterocycles. The molecule has 0 fully saturated rings. The van der Waals surface area contributed by atoms with Crippen molar-refractivity contribution in [3.63, 3.8) is 0 Å². The number of amides is 2. The molecule has 0 radical (unpaired) electrons. The molecule has 2 amide bonds. The minimum absolute atomic E-state index is 0.00957. The number of hydrogen-bond acceptors (Lipinski definition) is 6. The molecule has 0 aliphatic rings. The van der Waals surface area contributed by atoms with Gasteiger partial charge in [0.25, 0.3) is 17.5 Å². The smallest absolute Gasteiger partial charge is 0.308 e. The van der Waals surface area contributed by atoms with Crippen LogP contribution >= 0.6 is 0 Å². The fourth-order valence-corrected chi connectivity index (χ4v) is 1.74. The average molecular weight is 349 g/mol. The predicted molar refractivity (Wildman–Crippen MR) is 88.8 cm³/mol. The van der Waals surface area contributed by atoms with E-state index in [0.29, 0.717) is 0 Å². The Morgan fingerprint density at radius 2 is 1.92 bits per heavy atom. The molecular formula is C16H19N3O6. The van der Waals surface area contributed by atoms with Gasteiger partial charge in [-0.1, -0.05) is 6.08 Å². The topological polar surface area (TPSA) is 128 Å². The number of ether oxygens (including phenoxy) is 1. The molecule has 1 aromatic rings. The lowest BCUT2D eigenvalue weighted by Gasteiger charge is -2.12. The molecule has 2 N–H and O–H groups in total.